The number of nitrogen functional groups attached to an aromatic ring is 1. The molecular weight excluding hydrogens is 427 g/mol. The minimum Gasteiger partial charge on any atom is -0.307 e. The van der Waals surface area contributed by atoms with Crippen molar-refractivity contribution in [1.82, 2.24) is 9.71 Å². The van der Waals surface area contributed by atoms with Crippen LogP contribution in [0.15, 0.2) is 36.4 Å². The Balaban J connectivity index is 2.13. The van der Waals surface area contributed by atoms with Gasteiger partial charge in [0.15, 0.2) is 11.2 Å². The maximum absolute atomic E-state index is 13.1. The summed E-state index contributed by atoms with van der Waals surface area (Å²) in [7, 11) is -3.91. The number of fused-ring (bicyclic) bond motifs is 1. The van der Waals surface area contributed by atoms with E-state index in [0.29, 0.717) is 6.54 Å². The Kier molecular flexibility index (Phi) is 5.57. The number of imidazole rings is 1. The van der Waals surface area contributed by atoms with Crippen LogP contribution in [0.3, 0.4) is 0 Å². The van der Waals surface area contributed by atoms with E-state index in [4.69, 9.17) is 10.0 Å². The van der Waals surface area contributed by atoms with Gasteiger partial charge in [-0.1, -0.05) is 25.5 Å². The number of nitrogens with zero attached hydrogens (tertiary/aromatic N) is 3. The molecule has 0 aliphatic carbocycles. The minimum absolute atomic E-state index is 0.0216. The number of hydrogen-bond acceptors (Lipinski definition) is 7. The van der Waals surface area contributed by atoms with Gasteiger partial charge < -0.3 is 5.73 Å². The standard InChI is InChI=1S/C20H21FN4O5S/c1-20(2,3)11-24-18-15(25(19(24)22)30-31(4,28)29)10-9-14(23-18)17(27)16(26)12-5-7-13(21)8-6-12/h5-10,22H,11H2,1-4H3/p+1. The van der Waals surface area contributed by atoms with Crippen molar-refractivity contribution in [3.8, 4) is 0 Å². The third-order valence-corrected chi connectivity index (χ3v) is 4.62. The van der Waals surface area contributed by atoms with Crippen LogP contribution in [0.25, 0.3) is 11.2 Å². The fraction of sp³-hybridized carbons (Fsp3) is 0.300. The second-order valence-corrected chi connectivity index (χ2v) is 9.84. The zero-order chi connectivity index (χ0) is 23.1. The van der Waals surface area contributed by atoms with E-state index in [-0.39, 0.29) is 33.8 Å². The van der Waals surface area contributed by atoms with Gasteiger partial charge in [-0.25, -0.2) is 13.2 Å². The predicted molar refractivity (Wildman–Crippen MR) is 110 cm³/mol. The molecule has 0 atom stereocenters. The first-order valence-corrected chi connectivity index (χ1v) is 11.0. The highest BCUT2D eigenvalue weighted by Crippen LogP contribution is 2.20. The van der Waals surface area contributed by atoms with Gasteiger partial charge in [-0.05, 0) is 41.8 Å². The average Bonchev–Trinajstić information content (AvgIpc) is 2.90. The van der Waals surface area contributed by atoms with Gasteiger partial charge >= 0.3 is 16.1 Å². The number of pyridine rings is 1. The Morgan fingerprint density at radius 2 is 1.74 bits per heavy atom. The van der Waals surface area contributed by atoms with Crippen molar-refractivity contribution in [2.24, 2.45) is 5.41 Å². The van der Waals surface area contributed by atoms with Crippen molar-refractivity contribution < 1.29 is 31.2 Å². The molecule has 2 N–H and O–H groups in total. The van der Waals surface area contributed by atoms with Crippen molar-refractivity contribution in [2.75, 3.05) is 12.0 Å². The van der Waals surface area contributed by atoms with Crippen LogP contribution in [0, 0.1) is 11.2 Å². The summed E-state index contributed by atoms with van der Waals surface area (Å²) in [6, 6.07) is 7.25. The van der Waals surface area contributed by atoms with Crippen LogP contribution in [-0.2, 0) is 16.7 Å². The summed E-state index contributed by atoms with van der Waals surface area (Å²) in [5.41, 5.74) is 6.08. The molecule has 0 spiro atoms. The summed E-state index contributed by atoms with van der Waals surface area (Å²) in [4.78, 5) is 29.5. The van der Waals surface area contributed by atoms with Gasteiger partial charge in [0.2, 0.25) is 5.78 Å². The molecule has 0 radical (unpaired) electrons. The summed E-state index contributed by atoms with van der Waals surface area (Å²) in [5, 5.41) is 0. The van der Waals surface area contributed by atoms with Crippen LogP contribution < -0.4 is 14.6 Å². The molecule has 0 amide bonds. The van der Waals surface area contributed by atoms with Gasteiger partial charge in [-0.3, -0.25) is 9.59 Å². The predicted octanol–water partition coefficient (Wildman–Crippen LogP) is 1.55. The SMILES string of the molecule is CC(C)(C)C[n+]1c(N)n(OS(C)(=O)=O)c2ccc(C(=O)C(=O)c3ccc(F)cc3)nc21. The van der Waals surface area contributed by atoms with Crippen molar-refractivity contribution in [1.29, 1.82) is 0 Å². The fourth-order valence-corrected chi connectivity index (χ4v) is 3.39. The maximum atomic E-state index is 13.1. The molecule has 0 fully saturated rings. The number of rotatable bonds is 6. The van der Waals surface area contributed by atoms with E-state index in [9.17, 15) is 22.4 Å². The number of halogens is 1. The van der Waals surface area contributed by atoms with Gasteiger partial charge in [-0.15, -0.1) is 4.98 Å². The lowest BCUT2D eigenvalue weighted by Gasteiger charge is -2.16. The van der Waals surface area contributed by atoms with Crippen molar-refractivity contribution in [3.05, 3.63) is 53.5 Å². The molecule has 164 valence electrons. The lowest BCUT2D eigenvalue weighted by molar-refractivity contribution is -0.672. The topological polar surface area (TPSA) is 125 Å². The van der Waals surface area contributed by atoms with E-state index in [1.165, 1.54) is 28.8 Å². The van der Waals surface area contributed by atoms with Crippen LogP contribution >= 0.6 is 0 Å². The number of anilines is 1. The summed E-state index contributed by atoms with van der Waals surface area (Å²) < 4.78 is 43.9. The summed E-state index contributed by atoms with van der Waals surface area (Å²) in [5.74, 6) is -2.33. The van der Waals surface area contributed by atoms with Crippen molar-refractivity contribution in [3.63, 3.8) is 0 Å². The number of carbonyl (C=O) groups excluding carboxylic acids is 2. The van der Waals surface area contributed by atoms with E-state index in [1.54, 1.807) is 0 Å². The minimum atomic E-state index is -3.91. The van der Waals surface area contributed by atoms with Crippen LogP contribution in [0.5, 0.6) is 0 Å². The molecule has 0 unspecified atom stereocenters. The Morgan fingerprint density at radius 1 is 1.13 bits per heavy atom. The molecule has 0 aliphatic rings. The summed E-state index contributed by atoms with van der Waals surface area (Å²) >= 11 is 0. The molecule has 11 heteroatoms. The largest absolute Gasteiger partial charge is 0.352 e. The molecule has 3 rings (SSSR count). The van der Waals surface area contributed by atoms with Gasteiger partial charge in [0.05, 0.1) is 12.8 Å². The molecule has 0 saturated carbocycles. The zero-order valence-corrected chi connectivity index (χ0v) is 18.2. The number of carbonyl (C=O) groups is 2. The Morgan fingerprint density at radius 3 is 2.29 bits per heavy atom. The third-order valence-electron chi connectivity index (χ3n) is 4.20. The smallest absolute Gasteiger partial charge is 0.307 e. The molecule has 2 aromatic heterocycles. The molecule has 0 aliphatic heterocycles. The van der Waals surface area contributed by atoms with Crippen molar-refractivity contribution >= 4 is 38.8 Å². The number of nitrogens with two attached hydrogens (primary N) is 1. The normalized spacial score (nSPS) is 12.2. The zero-order valence-electron chi connectivity index (χ0n) is 17.4. The highest BCUT2D eigenvalue weighted by atomic mass is 32.2. The Bertz CT molecular complexity index is 1290. The quantitative estimate of drug-likeness (QED) is 0.344. The van der Waals surface area contributed by atoms with Crippen LogP contribution in [0.2, 0.25) is 0 Å². The number of hydrogen-bond donors (Lipinski definition) is 1. The first-order chi connectivity index (χ1) is 14.3. The second-order valence-electron chi connectivity index (χ2n) is 8.28. The van der Waals surface area contributed by atoms with Gasteiger partial charge in [-0.2, -0.15) is 8.42 Å². The molecule has 3 aromatic rings. The van der Waals surface area contributed by atoms with Gasteiger partial charge in [0, 0.05) is 5.56 Å². The summed E-state index contributed by atoms with van der Waals surface area (Å²) in [6.45, 7) is 6.14. The van der Waals surface area contributed by atoms with Crippen LogP contribution in [-0.4, -0.2) is 36.0 Å². The van der Waals surface area contributed by atoms with Gasteiger partial charge in [0.1, 0.15) is 5.82 Å². The fourth-order valence-electron chi connectivity index (χ4n) is 2.96. The highest BCUT2D eigenvalue weighted by Gasteiger charge is 2.31. The number of ketones is 2. The molecular formula is C20H22FN4O5S+. The van der Waals surface area contributed by atoms with Crippen LogP contribution in [0.1, 0.15) is 41.6 Å². The van der Waals surface area contributed by atoms with Crippen molar-refractivity contribution in [2.45, 2.75) is 27.3 Å². The number of aromatic nitrogens is 3. The molecule has 2 heterocycles. The van der Waals surface area contributed by atoms with Crippen LogP contribution in [0.4, 0.5) is 10.3 Å². The summed E-state index contributed by atoms with van der Waals surface area (Å²) in [6.07, 6.45) is 0.874. The van der Waals surface area contributed by atoms with E-state index < -0.39 is 27.5 Å². The highest BCUT2D eigenvalue weighted by molar-refractivity contribution is 7.86. The first-order valence-electron chi connectivity index (χ1n) is 9.22. The van der Waals surface area contributed by atoms with E-state index in [1.807, 2.05) is 20.8 Å². The monoisotopic (exact) mass is 449 g/mol. The average molecular weight is 449 g/mol. The molecule has 0 bridgehead atoms. The number of benzene rings is 1. The number of Topliss-reactive ketones (excluding diaryl/α,β-unsaturated/α-hetero) is 2. The Labute approximate surface area is 178 Å². The molecule has 1 aromatic carbocycles. The van der Waals surface area contributed by atoms with E-state index in [0.717, 1.165) is 23.1 Å². The first kappa shape index (κ1) is 22.3. The van der Waals surface area contributed by atoms with Gasteiger partial charge in [0.25, 0.3) is 11.4 Å². The second kappa shape index (κ2) is 7.73. The molecule has 0 saturated heterocycles. The lowest BCUT2D eigenvalue weighted by atomic mass is 9.97. The maximum Gasteiger partial charge on any atom is 0.352 e. The lowest BCUT2D eigenvalue weighted by Crippen LogP contribution is -2.43. The van der Waals surface area contributed by atoms with E-state index in [2.05, 4.69) is 4.98 Å². The Hall–Kier alpha value is -3.34. The van der Waals surface area contributed by atoms with E-state index >= 15 is 0 Å². The molecule has 31 heavy (non-hydrogen) atoms. The third kappa shape index (κ3) is 4.88. The molecule has 9 nitrogen and oxygen atoms in total.